The van der Waals surface area contributed by atoms with Crippen LogP contribution >= 0.6 is 11.3 Å². The zero-order chi connectivity index (χ0) is 21.6. The third kappa shape index (κ3) is 3.31. The van der Waals surface area contributed by atoms with Gasteiger partial charge in [0.2, 0.25) is 0 Å². The number of carboxylic acid groups (broad SMARTS) is 1. The number of nitrogens with one attached hydrogen (secondary N) is 1. The third-order valence-electron chi connectivity index (χ3n) is 6.60. The predicted molar refractivity (Wildman–Crippen MR) is 119 cm³/mol. The van der Waals surface area contributed by atoms with Crippen LogP contribution in [0.3, 0.4) is 0 Å². The van der Waals surface area contributed by atoms with E-state index < -0.39 is 23.5 Å². The second-order valence-corrected chi connectivity index (χ2v) is 9.49. The van der Waals surface area contributed by atoms with Gasteiger partial charge in [-0.3, -0.25) is 4.79 Å². The average molecular weight is 434 g/mol. The van der Waals surface area contributed by atoms with Gasteiger partial charge in [-0.1, -0.05) is 48.5 Å². The van der Waals surface area contributed by atoms with E-state index in [9.17, 15) is 14.7 Å². The van der Waals surface area contributed by atoms with Crippen LogP contribution in [0.5, 0.6) is 0 Å². The zero-order valence-electron chi connectivity index (χ0n) is 17.1. The Bertz CT molecular complexity index is 1120. The van der Waals surface area contributed by atoms with Gasteiger partial charge in [-0.05, 0) is 59.0 Å². The molecule has 2 aromatic carbocycles. The first kappa shape index (κ1) is 19.8. The van der Waals surface area contributed by atoms with E-state index in [1.165, 1.54) is 11.1 Å². The molecule has 0 saturated heterocycles. The molecule has 0 bridgehead atoms. The number of alkyl carbamates (subject to hydrolysis) is 1. The number of aryl methyl sites for hydroxylation is 1. The number of rotatable bonds is 5. The van der Waals surface area contributed by atoms with E-state index in [4.69, 9.17) is 4.74 Å². The van der Waals surface area contributed by atoms with E-state index in [1.807, 2.05) is 42.6 Å². The number of thiophene rings is 1. The number of amides is 1. The van der Waals surface area contributed by atoms with E-state index in [0.29, 0.717) is 12.8 Å². The van der Waals surface area contributed by atoms with Crippen molar-refractivity contribution in [1.82, 2.24) is 5.32 Å². The fourth-order valence-electron chi connectivity index (χ4n) is 5.06. The van der Waals surface area contributed by atoms with Gasteiger partial charge in [-0.15, -0.1) is 11.3 Å². The highest BCUT2D eigenvalue weighted by atomic mass is 32.1. The van der Waals surface area contributed by atoms with Crippen molar-refractivity contribution in [3.63, 3.8) is 0 Å². The molecule has 31 heavy (non-hydrogen) atoms. The second-order valence-electron chi connectivity index (χ2n) is 8.37. The predicted octanol–water partition coefficient (Wildman–Crippen LogP) is 5.29. The van der Waals surface area contributed by atoms with Crippen molar-refractivity contribution in [2.45, 2.75) is 31.2 Å². The van der Waals surface area contributed by atoms with Crippen LogP contribution in [0.25, 0.3) is 11.1 Å². The van der Waals surface area contributed by atoms with E-state index in [2.05, 4.69) is 29.6 Å². The zero-order valence-corrected chi connectivity index (χ0v) is 17.9. The molecule has 1 heterocycles. The van der Waals surface area contributed by atoms with Crippen molar-refractivity contribution in [3.8, 4) is 11.1 Å². The number of carboxylic acids is 1. The van der Waals surface area contributed by atoms with Crippen LogP contribution in [0.2, 0.25) is 0 Å². The van der Waals surface area contributed by atoms with Crippen LogP contribution in [-0.4, -0.2) is 23.8 Å². The van der Waals surface area contributed by atoms with Crippen molar-refractivity contribution in [1.29, 1.82) is 0 Å². The molecule has 1 amide bonds. The lowest BCUT2D eigenvalue weighted by Crippen LogP contribution is -2.56. The maximum absolute atomic E-state index is 12.8. The number of hydrogen-bond acceptors (Lipinski definition) is 4. The van der Waals surface area contributed by atoms with Gasteiger partial charge in [0.15, 0.2) is 0 Å². The Labute approximate surface area is 184 Å². The average Bonchev–Trinajstić information content (AvgIpc) is 3.30. The highest BCUT2D eigenvalue weighted by Gasteiger charge is 2.51. The summed E-state index contributed by atoms with van der Waals surface area (Å²) in [6, 6.07) is 18.4. The standard InChI is InChI=1S/C25H23NO4S/c1-15-22(10-11-31-15)25(12-16(13-25)23(27)28)26-24(29)30-14-21-19-8-4-2-6-17(19)18-7-3-5-9-20(18)21/h2-11,16,21H,12-14H2,1H3,(H,26,29)(H,27,28). The second kappa shape index (κ2) is 7.54. The van der Waals surface area contributed by atoms with Crippen LogP contribution in [0.15, 0.2) is 60.0 Å². The van der Waals surface area contributed by atoms with Crippen LogP contribution in [0.4, 0.5) is 4.79 Å². The molecule has 6 heteroatoms. The number of benzene rings is 2. The maximum Gasteiger partial charge on any atom is 0.407 e. The van der Waals surface area contributed by atoms with Gasteiger partial charge in [0.05, 0.1) is 11.5 Å². The van der Waals surface area contributed by atoms with E-state index in [1.54, 1.807) is 11.3 Å². The molecule has 0 atom stereocenters. The van der Waals surface area contributed by atoms with Crippen LogP contribution in [0.1, 0.15) is 40.3 Å². The molecule has 2 N–H and O–H groups in total. The Morgan fingerprint density at radius 1 is 1.06 bits per heavy atom. The van der Waals surface area contributed by atoms with Crippen LogP contribution in [-0.2, 0) is 15.1 Å². The number of carbonyl (C=O) groups excluding carboxylic acids is 1. The van der Waals surface area contributed by atoms with Crippen molar-refractivity contribution >= 4 is 23.4 Å². The van der Waals surface area contributed by atoms with Crippen molar-refractivity contribution in [2.75, 3.05) is 6.61 Å². The monoisotopic (exact) mass is 433 g/mol. The summed E-state index contributed by atoms with van der Waals surface area (Å²) in [7, 11) is 0. The first-order chi connectivity index (χ1) is 15.0. The molecule has 158 valence electrons. The van der Waals surface area contributed by atoms with Gasteiger partial charge in [-0.25, -0.2) is 4.79 Å². The molecular formula is C25H23NO4S. The molecule has 0 spiro atoms. The highest BCUT2D eigenvalue weighted by Crippen LogP contribution is 2.48. The summed E-state index contributed by atoms with van der Waals surface area (Å²) in [4.78, 5) is 25.3. The Kier molecular flexibility index (Phi) is 4.82. The lowest BCUT2D eigenvalue weighted by atomic mass is 9.65. The maximum atomic E-state index is 12.8. The molecule has 0 radical (unpaired) electrons. The Morgan fingerprint density at radius 2 is 1.68 bits per heavy atom. The number of ether oxygens (including phenoxy) is 1. The van der Waals surface area contributed by atoms with Gasteiger partial charge in [0.1, 0.15) is 6.61 Å². The van der Waals surface area contributed by atoms with Crippen LogP contribution in [0, 0.1) is 12.8 Å². The molecule has 1 aromatic heterocycles. The Morgan fingerprint density at radius 3 is 2.23 bits per heavy atom. The molecule has 5 nitrogen and oxygen atoms in total. The topological polar surface area (TPSA) is 75.6 Å². The van der Waals surface area contributed by atoms with Gasteiger partial charge >= 0.3 is 12.1 Å². The fourth-order valence-corrected chi connectivity index (χ4v) is 5.86. The van der Waals surface area contributed by atoms with E-state index in [0.717, 1.165) is 21.6 Å². The van der Waals surface area contributed by atoms with Crippen LogP contribution < -0.4 is 5.32 Å². The number of carbonyl (C=O) groups is 2. The van der Waals surface area contributed by atoms with Gasteiger partial charge < -0.3 is 15.2 Å². The van der Waals surface area contributed by atoms with E-state index >= 15 is 0 Å². The summed E-state index contributed by atoms with van der Waals surface area (Å²) in [5.74, 6) is -1.28. The molecule has 1 fully saturated rings. The molecule has 1 saturated carbocycles. The first-order valence-corrected chi connectivity index (χ1v) is 11.3. The van der Waals surface area contributed by atoms with Gasteiger partial charge in [0.25, 0.3) is 0 Å². The normalized spacial score (nSPS) is 21.6. The number of hydrogen-bond donors (Lipinski definition) is 2. The minimum Gasteiger partial charge on any atom is -0.481 e. The molecule has 0 aliphatic heterocycles. The minimum atomic E-state index is -0.821. The Balaban J connectivity index is 1.33. The van der Waals surface area contributed by atoms with Crippen molar-refractivity contribution < 1.29 is 19.4 Å². The lowest BCUT2D eigenvalue weighted by Gasteiger charge is -2.46. The summed E-state index contributed by atoms with van der Waals surface area (Å²) < 4.78 is 5.71. The van der Waals surface area contributed by atoms with Gasteiger partial charge in [-0.2, -0.15) is 0 Å². The Hall–Kier alpha value is -3.12. The first-order valence-electron chi connectivity index (χ1n) is 10.4. The third-order valence-corrected chi connectivity index (χ3v) is 7.44. The molecular weight excluding hydrogens is 410 g/mol. The summed E-state index contributed by atoms with van der Waals surface area (Å²) in [6.07, 6.45) is 0.255. The lowest BCUT2D eigenvalue weighted by molar-refractivity contribution is -0.148. The van der Waals surface area contributed by atoms with Crippen molar-refractivity contribution in [3.05, 3.63) is 81.5 Å². The molecule has 0 unspecified atom stereocenters. The largest absolute Gasteiger partial charge is 0.481 e. The molecule has 3 aromatic rings. The summed E-state index contributed by atoms with van der Waals surface area (Å²) >= 11 is 1.60. The summed E-state index contributed by atoms with van der Waals surface area (Å²) in [6.45, 7) is 2.23. The fraction of sp³-hybridized carbons (Fsp3) is 0.280. The quantitative estimate of drug-likeness (QED) is 0.574. The smallest absolute Gasteiger partial charge is 0.407 e. The molecule has 5 rings (SSSR count). The minimum absolute atomic E-state index is 0.00913. The number of aliphatic carboxylic acids is 1. The van der Waals surface area contributed by atoms with Gasteiger partial charge in [0, 0.05) is 10.8 Å². The molecule has 2 aliphatic carbocycles. The van der Waals surface area contributed by atoms with Crippen molar-refractivity contribution in [2.24, 2.45) is 5.92 Å². The number of fused-ring (bicyclic) bond motifs is 3. The summed E-state index contributed by atoms with van der Waals surface area (Å²) in [5, 5.41) is 14.3. The summed E-state index contributed by atoms with van der Waals surface area (Å²) in [5.41, 5.74) is 5.00. The molecule has 2 aliphatic rings. The van der Waals surface area contributed by atoms with E-state index in [-0.39, 0.29) is 12.5 Å². The highest BCUT2D eigenvalue weighted by molar-refractivity contribution is 7.10. The SMILES string of the molecule is Cc1sccc1C1(NC(=O)OCC2c3ccccc3-c3ccccc32)CC(C(=O)O)C1.